The monoisotopic (exact) mass is 375 g/mol. The van der Waals surface area contributed by atoms with Crippen molar-refractivity contribution in [1.29, 1.82) is 0 Å². The molecule has 26 heavy (non-hydrogen) atoms. The summed E-state index contributed by atoms with van der Waals surface area (Å²) in [5, 5.41) is 3.43. The third-order valence-corrected chi connectivity index (χ3v) is 4.52. The first-order chi connectivity index (χ1) is 12.7. The Bertz CT molecular complexity index is 731. The van der Waals surface area contributed by atoms with E-state index >= 15 is 0 Å². The number of benzene rings is 2. The van der Waals surface area contributed by atoms with Crippen molar-refractivity contribution in [3.05, 3.63) is 53.6 Å². The molecule has 0 unspecified atom stereocenters. The largest absolute Gasteiger partial charge is 0.495 e. The van der Waals surface area contributed by atoms with Gasteiger partial charge in [-0.15, -0.1) is 0 Å². The maximum Gasteiger partial charge on any atom is 0.320 e. The molecule has 0 saturated carbocycles. The van der Waals surface area contributed by atoms with E-state index < -0.39 is 0 Å². The van der Waals surface area contributed by atoms with Gasteiger partial charge in [0.25, 0.3) is 0 Å². The molecule has 0 spiro atoms. The van der Waals surface area contributed by atoms with Gasteiger partial charge in [-0.05, 0) is 36.4 Å². The third-order valence-electron chi connectivity index (χ3n) is 4.27. The van der Waals surface area contributed by atoms with Crippen LogP contribution < -0.4 is 19.7 Å². The van der Waals surface area contributed by atoms with Gasteiger partial charge in [0.05, 0.1) is 12.8 Å². The minimum Gasteiger partial charge on any atom is -0.495 e. The van der Waals surface area contributed by atoms with Crippen LogP contribution in [0.5, 0.6) is 11.5 Å². The lowest BCUT2D eigenvalue weighted by Crippen LogP contribution is -2.52. The maximum atomic E-state index is 12.3. The minimum absolute atomic E-state index is 0.118. The van der Waals surface area contributed by atoms with Gasteiger partial charge < -0.3 is 24.6 Å². The molecule has 2 aromatic carbocycles. The first kappa shape index (κ1) is 18.2. The molecule has 0 aliphatic carbocycles. The van der Waals surface area contributed by atoms with Gasteiger partial charge in [0, 0.05) is 31.2 Å². The molecule has 7 heteroatoms. The molecule has 2 amide bonds. The number of nitrogens with zero attached hydrogens (tertiary/aromatic N) is 2. The maximum absolute atomic E-state index is 12.3. The number of ether oxygens (including phenoxy) is 2. The summed E-state index contributed by atoms with van der Waals surface area (Å²) in [5.74, 6) is 1.51. The van der Waals surface area contributed by atoms with Crippen molar-refractivity contribution in [2.75, 3.05) is 44.9 Å². The second-order valence-electron chi connectivity index (χ2n) is 5.87. The molecular formula is C19H22ClN3O3. The molecule has 1 heterocycles. The topological polar surface area (TPSA) is 54.0 Å². The minimum atomic E-state index is -0.126. The lowest BCUT2D eigenvalue weighted by atomic mass is 10.2. The Morgan fingerprint density at radius 2 is 1.77 bits per heavy atom. The molecule has 0 radical (unpaired) electrons. The predicted octanol–water partition coefficient (Wildman–Crippen LogP) is 3.22. The first-order valence-electron chi connectivity index (χ1n) is 8.46. The van der Waals surface area contributed by atoms with Crippen LogP contribution in [0.4, 0.5) is 10.5 Å². The lowest BCUT2D eigenvalue weighted by Gasteiger charge is -2.36. The van der Waals surface area contributed by atoms with E-state index in [1.807, 2.05) is 24.3 Å². The predicted molar refractivity (Wildman–Crippen MR) is 102 cm³/mol. The van der Waals surface area contributed by atoms with Gasteiger partial charge in [0.15, 0.2) is 6.73 Å². The van der Waals surface area contributed by atoms with Crippen LogP contribution in [0, 0.1) is 0 Å². The number of carbonyl (C=O) groups excluding carboxylic acids is 1. The number of methoxy groups -OCH3 is 1. The molecule has 1 N–H and O–H groups in total. The molecule has 6 nitrogen and oxygen atoms in total. The zero-order chi connectivity index (χ0) is 18.4. The average Bonchev–Trinajstić information content (AvgIpc) is 2.69. The molecule has 3 rings (SSSR count). The molecule has 1 aliphatic rings. The van der Waals surface area contributed by atoms with Crippen molar-refractivity contribution in [1.82, 2.24) is 10.2 Å². The van der Waals surface area contributed by atoms with E-state index in [4.69, 9.17) is 21.1 Å². The van der Waals surface area contributed by atoms with Crippen LogP contribution in [0.2, 0.25) is 5.02 Å². The summed E-state index contributed by atoms with van der Waals surface area (Å²) in [6, 6.07) is 14.8. The summed E-state index contributed by atoms with van der Waals surface area (Å²) < 4.78 is 10.9. The summed E-state index contributed by atoms with van der Waals surface area (Å²) in [4.78, 5) is 16.3. The van der Waals surface area contributed by atoms with Gasteiger partial charge in [-0.1, -0.05) is 23.7 Å². The van der Waals surface area contributed by atoms with Crippen molar-refractivity contribution < 1.29 is 14.3 Å². The molecule has 2 aromatic rings. The SMILES string of the molecule is COc1ccccc1N1CCN(C(=O)NCOc2ccc(Cl)cc2)CC1. The van der Waals surface area contributed by atoms with E-state index in [1.165, 1.54) is 0 Å². The van der Waals surface area contributed by atoms with E-state index in [0.717, 1.165) is 24.5 Å². The molecule has 1 fully saturated rings. The highest BCUT2D eigenvalue weighted by molar-refractivity contribution is 6.30. The summed E-state index contributed by atoms with van der Waals surface area (Å²) in [6.45, 7) is 2.92. The fourth-order valence-corrected chi connectivity index (χ4v) is 2.99. The van der Waals surface area contributed by atoms with Gasteiger partial charge in [0.1, 0.15) is 11.5 Å². The van der Waals surface area contributed by atoms with Crippen LogP contribution in [0.3, 0.4) is 0 Å². The fourth-order valence-electron chi connectivity index (χ4n) is 2.87. The fraction of sp³-hybridized carbons (Fsp3) is 0.316. The third kappa shape index (κ3) is 4.52. The number of halogens is 1. The van der Waals surface area contributed by atoms with Crippen molar-refractivity contribution in [2.45, 2.75) is 0 Å². The second-order valence-corrected chi connectivity index (χ2v) is 6.31. The summed E-state index contributed by atoms with van der Waals surface area (Å²) >= 11 is 5.83. The highest BCUT2D eigenvalue weighted by atomic mass is 35.5. The van der Waals surface area contributed by atoms with Crippen molar-refractivity contribution in [2.24, 2.45) is 0 Å². The van der Waals surface area contributed by atoms with Crippen molar-refractivity contribution in [3.8, 4) is 11.5 Å². The molecule has 138 valence electrons. The summed E-state index contributed by atoms with van der Waals surface area (Å²) in [7, 11) is 1.67. The zero-order valence-electron chi connectivity index (χ0n) is 14.7. The van der Waals surface area contributed by atoms with E-state index in [0.29, 0.717) is 23.9 Å². The summed E-state index contributed by atoms with van der Waals surface area (Å²) in [5.41, 5.74) is 1.06. The van der Waals surface area contributed by atoms with E-state index in [9.17, 15) is 4.79 Å². The highest BCUT2D eigenvalue weighted by Gasteiger charge is 2.22. The van der Waals surface area contributed by atoms with Gasteiger partial charge in [0.2, 0.25) is 0 Å². The highest BCUT2D eigenvalue weighted by Crippen LogP contribution is 2.28. The molecule has 0 aromatic heterocycles. The Morgan fingerprint density at radius 1 is 1.08 bits per heavy atom. The van der Waals surface area contributed by atoms with Crippen LogP contribution in [0.15, 0.2) is 48.5 Å². The Balaban J connectivity index is 1.45. The van der Waals surface area contributed by atoms with Crippen LogP contribution in [-0.2, 0) is 0 Å². The summed E-state index contributed by atoms with van der Waals surface area (Å²) in [6.07, 6.45) is 0. The Kier molecular flexibility index (Phi) is 6.07. The van der Waals surface area contributed by atoms with Gasteiger partial charge in [-0.2, -0.15) is 0 Å². The van der Waals surface area contributed by atoms with Crippen LogP contribution in [-0.4, -0.2) is 51.0 Å². The number of hydrogen-bond acceptors (Lipinski definition) is 4. The number of carbonyl (C=O) groups is 1. The number of para-hydroxylation sites is 2. The zero-order valence-corrected chi connectivity index (χ0v) is 15.4. The van der Waals surface area contributed by atoms with Crippen LogP contribution in [0.1, 0.15) is 0 Å². The Morgan fingerprint density at radius 3 is 2.46 bits per heavy atom. The quantitative estimate of drug-likeness (QED) is 0.815. The first-order valence-corrected chi connectivity index (χ1v) is 8.84. The Hall–Kier alpha value is -2.60. The Labute approximate surface area is 158 Å². The number of anilines is 1. The molecule has 0 atom stereocenters. The van der Waals surface area contributed by atoms with Crippen molar-refractivity contribution >= 4 is 23.3 Å². The average molecular weight is 376 g/mol. The van der Waals surface area contributed by atoms with Gasteiger partial charge >= 0.3 is 6.03 Å². The molecule has 1 saturated heterocycles. The molecular weight excluding hydrogens is 354 g/mol. The smallest absolute Gasteiger partial charge is 0.320 e. The van der Waals surface area contributed by atoms with Crippen molar-refractivity contribution in [3.63, 3.8) is 0 Å². The van der Waals surface area contributed by atoms with E-state index in [1.54, 1.807) is 36.3 Å². The normalized spacial score (nSPS) is 14.1. The van der Waals surface area contributed by atoms with E-state index in [-0.39, 0.29) is 12.8 Å². The standard InChI is InChI=1S/C19H22ClN3O3/c1-25-18-5-3-2-4-17(18)22-10-12-23(13-11-22)19(24)21-14-26-16-8-6-15(20)7-9-16/h2-9H,10-14H2,1H3,(H,21,24). The number of piperazine rings is 1. The molecule has 1 aliphatic heterocycles. The molecule has 0 bridgehead atoms. The number of urea groups is 1. The second kappa shape index (κ2) is 8.67. The number of rotatable bonds is 5. The lowest BCUT2D eigenvalue weighted by molar-refractivity contribution is 0.181. The number of nitrogens with one attached hydrogen (secondary N) is 1. The van der Waals surface area contributed by atoms with Crippen LogP contribution in [0.25, 0.3) is 0 Å². The van der Waals surface area contributed by atoms with Crippen LogP contribution >= 0.6 is 11.6 Å². The van der Waals surface area contributed by atoms with Gasteiger partial charge in [-0.3, -0.25) is 0 Å². The number of hydrogen-bond donors (Lipinski definition) is 1. The van der Waals surface area contributed by atoms with E-state index in [2.05, 4.69) is 10.2 Å². The van der Waals surface area contributed by atoms with Gasteiger partial charge in [-0.25, -0.2) is 4.79 Å². The number of amides is 2.